The lowest BCUT2D eigenvalue weighted by Crippen LogP contribution is -2.49. The first-order chi connectivity index (χ1) is 9.71. The Morgan fingerprint density at radius 2 is 2.10 bits per heavy atom. The van der Waals surface area contributed by atoms with Gasteiger partial charge in [-0.25, -0.2) is 18.6 Å². The molecule has 0 saturated carbocycles. The molecule has 0 fully saturated rings. The van der Waals surface area contributed by atoms with Crippen molar-refractivity contribution in [2.45, 2.75) is 17.9 Å². The van der Waals surface area contributed by atoms with Crippen LogP contribution in [-0.4, -0.2) is 35.5 Å². The van der Waals surface area contributed by atoms with E-state index in [1.165, 1.54) is 6.92 Å². The predicted molar refractivity (Wildman–Crippen MR) is 68.2 cm³/mol. The number of hydrogen-bond donors (Lipinski definition) is 2. The molecule has 112 valence electrons. The smallest absolute Gasteiger partial charge is 0.270 e. The van der Waals surface area contributed by atoms with Crippen molar-refractivity contribution in [1.82, 2.24) is 9.73 Å². The Labute approximate surface area is 118 Å². The highest BCUT2D eigenvalue weighted by molar-refractivity contribution is 7.90. The highest BCUT2D eigenvalue weighted by Crippen LogP contribution is 2.34. The molecule has 1 atom stereocenters. The Kier molecular flexibility index (Phi) is 3.39. The van der Waals surface area contributed by atoms with Crippen LogP contribution in [0.25, 0.3) is 0 Å². The van der Waals surface area contributed by atoms with Crippen LogP contribution in [0, 0.1) is 10.1 Å². The Balaban J connectivity index is 2.60. The molecule has 0 radical (unpaired) electrons. The molecule has 2 amide bonds. The predicted octanol–water partition coefficient (Wildman–Crippen LogP) is -0.882. The van der Waals surface area contributed by atoms with E-state index in [9.17, 15) is 28.1 Å². The second kappa shape index (κ2) is 4.79. The van der Waals surface area contributed by atoms with Gasteiger partial charge in [-0.2, -0.15) is 0 Å². The number of benzene rings is 1. The summed E-state index contributed by atoms with van der Waals surface area (Å²) < 4.78 is 24.9. The van der Waals surface area contributed by atoms with Crippen molar-refractivity contribution in [3.05, 3.63) is 33.9 Å². The molecule has 3 N–H and O–H groups in total. The molecule has 0 bridgehead atoms. The van der Waals surface area contributed by atoms with Crippen LogP contribution in [0.1, 0.15) is 17.3 Å². The number of sulfonamides is 1. The fourth-order valence-corrected chi connectivity index (χ4v) is 3.70. The first kappa shape index (κ1) is 14.9. The number of fused-ring (bicyclic) bond motifs is 1. The molecule has 1 aromatic rings. The number of nitro groups is 1. The maximum Gasteiger partial charge on any atom is 0.270 e. The molecule has 1 unspecified atom stereocenters. The topological polar surface area (TPSA) is 153 Å². The van der Waals surface area contributed by atoms with Crippen LogP contribution in [0.4, 0.5) is 5.69 Å². The molecule has 11 heteroatoms. The van der Waals surface area contributed by atoms with E-state index < -0.39 is 43.4 Å². The number of nitro benzene ring substituents is 1. The van der Waals surface area contributed by atoms with Gasteiger partial charge in [-0.15, -0.1) is 0 Å². The lowest BCUT2D eigenvalue weighted by Gasteiger charge is -2.21. The zero-order chi connectivity index (χ0) is 15.9. The number of nitrogens with two attached hydrogens (primary N) is 1. The first-order valence-electron chi connectivity index (χ1n) is 5.59. The third-order valence-corrected chi connectivity index (χ3v) is 4.91. The van der Waals surface area contributed by atoms with E-state index in [-0.39, 0.29) is 5.56 Å². The van der Waals surface area contributed by atoms with Gasteiger partial charge in [-0.3, -0.25) is 25.1 Å². The molecule has 0 aromatic heterocycles. The molecule has 0 aliphatic carbocycles. The van der Waals surface area contributed by atoms with E-state index in [4.69, 9.17) is 5.84 Å². The lowest BCUT2D eigenvalue weighted by molar-refractivity contribution is -0.385. The largest absolute Gasteiger partial charge is 0.292 e. The summed E-state index contributed by atoms with van der Waals surface area (Å²) >= 11 is 0. The van der Waals surface area contributed by atoms with Crippen molar-refractivity contribution in [3.8, 4) is 0 Å². The number of carbonyl (C=O) groups excluding carboxylic acids is 2. The quantitative estimate of drug-likeness (QED) is 0.318. The normalized spacial score (nSPS) is 17.2. The fourth-order valence-electron chi connectivity index (χ4n) is 1.96. The lowest BCUT2D eigenvalue weighted by atomic mass is 10.2. The summed E-state index contributed by atoms with van der Waals surface area (Å²) in [5, 5.41) is 10.7. The molecule has 1 aliphatic rings. The average Bonchev–Trinajstić information content (AvgIpc) is 2.64. The Morgan fingerprint density at radius 1 is 1.48 bits per heavy atom. The third kappa shape index (κ3) is 2.11. The Bertz CT molecular complexity index is 759. The second-order valence-electron chi connectivity index (χ2n) is 4.23. The number of rotatable bonds is 3. The number of carbonyl (C=O) groups is 2. The van der Waals surface area contributed by atoms with Crippen molar-refractivity contribution in [1.29, 1.82) is 0 Å². The molecule has 0 spiro atoms. The monoisotopic (exact) mass is 314 g/mol. The fraction of sp³-hybridized carbons (Fsp3) is 0.200. The average molecular weight is 314 g/mol. The minimum atomic E-state index is -4.34. The van der Waals surface area contributed by atoms with Gasteiger partial charge in [-0.1, -0.05) is 0 Å². The Hall–Kier alpha value is -2.53. The highest BCUT2D eigenvalue weighted by Gasteiger charge is 2.46. The summed E-state index contributed by atoms with van der Waals surface area (Å²) in [4.78, 5) is 33.0. The van der Waals surface area contributed by atoms with E-state index in [1.807, 2.05) is 0 Å². The summed E-state index contributed by atoms with van der Waals surface area (Å²) in [5.74, 6) is 3.11. The number of non-ortho nitro benzene ring substituents is 1. The minimum Gasteiger partial charge on any atom is -0.292 e. The summed E-state index contributed by atoms with van der Waals surface area (Å²) in [6.45, 7) is 1.18. The number of amides is 2. The van der Waals surface area contributed by atoms with E-state index in [2.05, 4.69) is 0 Å². The van der Waals surface area contributed by atoms with E-state index in [0.717, 1.165) is 18.2 Å². The molecule has 2 rings (SSSR count). The van der Waals surface area contributed by atoms with Crippen LogP contribution >= 0.6 is 0 Å². The second-order valence-corrected chi connectivity index (χ2v) is 6.01. The SMILES string of the molecule is CC(C(=O)NN)N1C(=O)c2ccc([N+](=O)[O-])cc2S1(=O)=O. The van der Waals surface area contributed by atoms with E-state index in [0.29, 0.717) is 4.31 Å². The zero-order valence-electron chi connectivity index (χ0n) is 10.6. The summed E-state index contributed by atoms with van der Waals surface area (Å²) in [5.41, 5.74) is 1.06. The van der Waals surface area contributed by atoms with Crippen LogP contribution < -0.4 is 11.3 Å². The minimum absolute atomic E-state index is 0.225. The van der Waals surface area contributed by atoms with Gasteiger partial charge in [0.15, 0.2) is 0 Å². The molecule has 1 aliphatic heterocycles. The van der Waals surface area contributed by atoms with Crippen LogP contribution in [0.15, 0.2) is 23.1 Å². The molecule has 0 saturated heterocycles. The summed E-state index contributed by atoms with van der Waals surface area (Å²) in [6.07, 6.45) is 0. The number of nitrogens with one attached hydrogen (secondary N) is 1. The zero-order valence-corrected chi connectivity index (χ0v) is 11.5. The third-order valence-electron chi connectivity index (χ3n) is 3.02. The summed E-state index contributed by atoms with van der Waals surface area (Å²) in [7, 11) is -4.34. The van der Waals surface area contributed by atoms with Gasteiger partial charge in [0, 0.05) is 12.1 Å². The van der Waals surface area contributed by atoms with Gasteiger partial charge in [0.05, 0.1) is 10.5 Å². The number of hydrogen-bond acceptors (Lipinski definition) is 7. The molecule has 1 aromatic carbocycles. The van der Waals surface area contributed by atoms with Crippen LogP contribution in [0.3, 0.4) is 0 Å². The highest BCUT2D eigenvalue weighted by atomic mass is 32.2. The van der Waals surface area contributed by atoms with Crippen molar-refractivity contribution in [2.24, 2.45) is 5.84 Å². The van der Waals surface area contributed by atoms with E-state index in [1.54, 1.807) is 5.43 Å². The van der Waals surface area contributed by atoms with Crippen molar-refractivity contribution >= 4 is 27.5 Å². The van der Waals surface area contributed by atoms with Gasteiger partial charge in [0.2, 0.25) is 0 Å². The van der Waals surface area contributed by atoms with E-state index >= 15 is 0 Å². The van der Waals surface area contributed by atoms with Crippen molar-refractivity contribution < 1.29 is 22.9 Å². The number of nitrogens with zero attached hydrogens (tertiary/aromatic N) is 2. The first-order valence-corrected chi connectivity index (χ1v) is 7.03. The molecule has 1 heterocycles. The van der Waals surface area contributed by atoms with Crippen LogP contribution in [0.2, 0.25) is 0 Å². The Morgan fingerprint density at radius 3 is 2.62 bits per heavy atom. The maximum atomic E-state index is 12.3. The maximum absolute atomic E-state index is 12.3. The standard InChI is InChI=1S/C10H10N4O6S/c1-5(9(15)12-11)13-10(16)7-3-2-6(14(17)18)4-8(7)21(13,19)20/h2-5H,11H2,1H3,(H,12,15). The van der Waals surface area contributed by atoms with Gasteiger partial charge < -0.3 is 0 Å². The molecular formula is C10H10N4O6S. The molecular weight excluding hydrogens is 304 g/mol. The van der Waals surface area contributed by atoms with Crippen LogP contribution in [-0.2, 0) is 14.8 Å². The van der Waals surface area contributed by atoms with Gasteiger partial charge in [0.1, 0.15) is 10.9 Å². The summed E-state index contributed by atoms with van der Waals surface area (Å²) in [6, 6.07) is 1.47. The van der Waals surface area contributed by atoms with Crippen molar-refractivity contribution in [2.75, 3.05) is 0 Å². The molecule has 21 heavy (non-hydrogen) atoms. The van der Waals surface area contributed by atoms with Crippen molar-refractivity contribution in [3.63, 3.8) is 0 Å². The van der Waals surface area contributed by atoms with Crippen LogP contribution in [0.5, 0.6) is 0 Å². The number of hydrazine groups is 1. The van der Waals surface area contributed by atoms with Gasteiger partial charge in [-0.05, 0) is 13.0 Å². The van der Waals surface area contributed by atoms with Gasteiger partial charge >= 0.3 is 0 Å². The molecule has 10 nitrogen and oxygen atoms in total. The van der Waals surface area contributed by atoms with Gasteiger partial charge in [0.25, 0.3) is 27.5 Å².